The van der Waals surface area contributed by atoms with Gasteiger partial charge in [-0.1, -0.05) is 11.2 Å². The number of hydrogen-bond acceptors (Lipinski definition) is 6. The smallest absolute Gasteiger partial charge is 0.340 e. The Morgan fingerprint density at radius 2 is 2.26 bits per heavy atom. The van der Waals surface area contributed by atoms with E-state index in [1.165, 1.54) is 4.68 Å². The summed E-state index contributed by atoms with van der Waals surface area (Å²) in [6, 6.07) is 5.70. The molecule has 1 fully saturated rings. The average molecular weight is 314 g/mol. The van der Waals surface area contributed by atoms with Gasteiger partial charge in [-0.3, -0.25) is 9.30 Å². The fraction of sp³-hybridized carbons (Fsp3) is 0.467. The number of aromatic nitrogens is 5. The molecule has 0 aliphatic carbocycles. The molecule has 1 aliphatic heterocycles. The Bertz CT molecular complexity index is 879. The van der Waals surface area contributed by atoms with Crippen LogP contribution in [0.25, 0.3) is 5.65 Å². The van der Waals surface area contributed by atoms with Crippen LogP contribution in [0, 0.1) is 6.92 Å². The van der Waals surface area contributed by atoms with E-state index < -0.39 is 0 Å². The Morgan fingerprint density at radius 3 is 3.04 bits per heavy atom. The Morgan fingerprint density at radius 1 is 1.35 bits per heavy atom. The zero-order valence-electron chi connectivity index (χ0n) is 12.9. The van der Waals surface area contributed by atoms with E-state index in [2.05, 4.69) is 20.1 Å². The van der Waals surface area contributed by atoms with Gasteiger partial charge in [0.1, 0.15) is 0 Å². The van der Waals surface area contributed by atoms with Crippen molar-refractivity contribution in [3.05, 3.63) is 46.6 Å². The molecule has 0 N–H and O–H groups in total. The van der Waals surface area contributed by atoms with E-state index in [9.17, 15) is 4.79 Å². The molecule has 120 valence electrons. The topological polar surface area (TPSA) is 81.5 Å². The highest BCUT2D eigenvalue weighted by Gasteiger charge is 2.29. The predicted molar refractivity (Wildman–Crippen MR) is 82.0 cm³/mol. The van der Waals surface area contributed by atoms with Crippen LogP contribution in [0.4, 0.5) is 0 Å². The lowest BCUT2D eigenvalue weighted by atomic mass is 10.2. The van der Waals surface area contributed by atoms with Gasteiger partial charge in [0.15, 0.2) is 11.5 Å². The van der Waals surface area contributed by atoms with Gasteiger partial charge in [-0.25, -0.2) is 9.48 Å². The van der Waals surface area contributed by atoms with E-state index >= 15 is 0 Å². The molecule has 4 heterocycles. The standard InChI is InChI=1S/C15H18N6O2/c1-11-16-14(18-23-11)12-5-4-7-19(12)9-10-21-15(22)20-8-3-2-6-13(20)17-21/h2-3,6,8,12H,4-5,7,9-10H2,1H3/t12-/m0/s1. The third kappa shape index (κ3) is 2.55. The number of likely N-dealkylation sites (tertiary alicyclic amines) is 1. The largest absolute Gasteiger partial charge is 0.350 e. The predicted octanol–water partition coefficient (Wildman–Crippen LogP) is 1.02. The third-order valence-corrected chi connectivity index (χ3v) is 4.29. The first kappa shape index (κ1) is 14.1. The Kier molecular flexibility index (Phi) is 3.45. The van der Waals surface area contributed by atoms with Crippen LogP contribution in [0.1, 0.15) is 30.6 Å². The summed E-state index contributed by atoms with van der Waals surface area (Å²) in [4.78, 5) is 18.9. The number of rotatable bonds is 4. The van der Waals surface area contributed by atoms with Crippen molar-refractivity contribution in [2.75, 3.05) is 13.1 Å². The first-order valence-corrected chi connectivity index (χ1v) is 7.81. The minimum Gasteiger partial charge on any atom is -0.340 e. The molecule has 4 rings (SSSR count). The summed E-state index contributed by atoms with van der Waals surface area (Å²) in [7, 11) is 0. The van der Waals surface area contributed by atoms with Crippen LogP contribution in [-0.2, 0) is 6.54 Å². The monoisotopic (exact) mass is 314 g/mol. The maximum Gasteiger partial charge on any atom is 0.350 e. The second-order valence-corrected chi connectivity index (χ2v) is 5.80. The number of aryl methyl sites for hydroxylation is 1. The maximum atomic E-state index is 12.3. The van der Waals surface area contributed by atoms with Gasteiger partial charge in [0.05, 0.1) is 12.6 Å². The van der Waals surface area contributed by atoms with Crippen molar-refractivity contribution < 1.29 is 4.52 Å². The highest BCUT2D eigenvalue weighted by atomic mass is 16.5. The van der Waals surface area contributed by atoms with Crippen LogP contribution in [0.5, 0.6) is 0 Å². The zero-order chi connectivity index (χ0) is 15.8. The second-order valence-electron chi connectivity index (χ2n) is 5.80. The van der Waals surface area contributed by atoms with Crippen molar-refractivity contribution in [3.63, 3.8) is 0 Å². The van der Waals surface area contributed by atoms with E-state index in [4.69, 9.17) is 4.52 Å². The van der Waals surface area contributed by atoms with Gasteiger partial charge in [0.25, 0.3) is 0 Å². The van der Waals surface area contributed by atoms with Crippen molar-refractivity contribution in [1.29, 1.82) is 0 Å². The Balaban J connectivity index is 1.51. The van der Waals surface area contributed by atoms with Gasteiger partial charge in [0, 0.05) is 19.7 Å². The molecule has 3 aromatic heterocycles. The van der Waals surface area contributed by atoms with E-state index in [0.717, 1.165) is 31.8 Å². The number of hydrogen-bond donors (Lipinski definition) is 0. The quantitative estimate of drug-likeness (QED) is 0.715. The van der Waals surface area contributed by atoms with Crippen molar-refractivity contribution in [2.24, 2.45) is 0 Å². The van der Waals surface area contributed by atoms with Gasteiger partial charge in [-0.05, 0) is 31.5 Å². The molecule has 3 aromatic rings. The molecule has 23 heavy (non-hydrogen) atoms. The van der Waals surface area contributed by atoms with Crippen LogP contribution < -0.4 is 5.69 Å². The molecule has 1 aliphatic rings. The van der Waals surface area contributed by atoms with Gasteiger partial charge in [-0.15, -0.1) is 5.10 Å². The van der Waals surface area contributed by atoms with Crippen LogP contribution in [-0.4, -0.2) is 42.3 Å². The van der Waals surface area contributed by atoms with Crippen molar-refractivity contribution in [2.45, 2.75) is 32.4 Å². The normalized spacial score (nSPS) is 18.9. The molecule has 0 radical (unpaired) electrons. The molecular weight excluding hydrogens is 296 g/mol. The molecule has 0 aromatic carbocycles. The molecule has 1 atom stereocenters. The summed E-state index contributed by atoms with van der Waals surface area (Å²) < 4.78 is 8.17. The molecule has 0 saturated carbocycles. The number of pyridine rings is 1. The SMILES string of the molecule is Cc1nc([C@@H]2CCCN2CCn2nc3ccccn3c2=O)no1. The minimum absolute atomic E-state index is 0.105. The van der Waals surface area contributed by atoms with E-state index in [0.29, 0.717) is 18.1 Å². The van der Waals surface area contributed by atoms with Crippen LogP contribution in [0.2, 0.25) is 0 Å². The molecule has 0 spiro atoms. The van der Waals surface area contributed by atoms with Crippen molar-refractivity contribution >= 4 is 5.65 Å². The summed E-state index contributed by atoms with van der Waals surface area (Å²) in [5.41, 5.74) is 0.566. The molecule has 1 saturated heterocycles. The van der Waals surface area contributed by atoms with Crippen LogP contribution >= 0.6 is 0 Å². The van der Waals surface area contributed by atoms with Gasteiger partial charge < -0.3 is 4.52 Å². The lowest BCUT2D eigenvalue weighted by Gasteiger charge is -2.21. The fourth-order valence-corrected chi connectivity index (χ4v) is 3.17. The lowest BCUT2D eigenvalue weighted by Crippen LogP contribution is -2.31. The van der Waals surface area contributed by atoms with E-state index in [-0.39, 0.29) is 11.7 Å². The summed E-state index contributed by atoms with van der Waals surface area (Å²) in [5, 5.41) is 8.41. The first-order valence-electron chi connectivity index (χ1n) is 7.81. The number of nitrogens with zero attached hydrogens (tertiary/aromatic N) is 6. The highest BCUT2D eigenvalue weighted by Crippen LogP contribution is 2.29. The molecule has 0 amide bonds. The minimum atomic E-state index is -0.105. The maximum absolute atomic E-state index is 12.3. The third-order valence-electron chi connectivity index (χ3n) is 4.29. The fourth-order valence-electron chi connectivity index (χ4n) is 3.17. The van der Waals surface area contributed by atoms with E-state index in [1.807, 2.05) is 18.2 Å². The molecule has 0 bridgehead atoms. The second kappa shape index (κ2) is 5.62. The average Bonchev–Trinajstić information content (AvgIpc) is 3.25. The van der Waals surface area contributed by atoms with Crippen LogP contribution in [0.3, 0.4) is 0 Å². The molecule has 8 nitrogen and oxygen atoms in total. The number of fused-ring (bicyclic) bond motifs is 1. The van der Waals surface area contributed by atoms with E-state index in [1.54, 1.807) is 17.5 Å². The summed E-state index contributed by atoms with van der Waals surface area (Å²) >= 11 is 0. The van der Waals surface area contributed by atoms with Gasteiger partial charge in [0.2, 0.25) is 5.89 Å². The first-order chi connectivity index (χ1) is 11.2. The highest BCUT2D eigenvalue weighted by molar-refractivity contribution is 5.35. The van der Waals surface area contributed by atoms with Gasteiger partial charge in [-0.2, -0.15) is 4.98 Å². The molecule has 8 heteroatoms. The summed E-state index contributed by atoms with van der Waals surface area (Å²) in [6.07, 6.45) is 3.85. The summed E-state index contributed by atoms with van der Waals surface area (Å²) in [5.74, 6) is 1.32. The van der Waals surface area contributed by atoms with Crippen molar-refractivity contribution in [1.82, 2.24) is 29.2 Å². The van der Waals surface area contributed by atoms with Gasteiger partial charge >= 0.3 is 5.69 Å². The zero-order valence-corrected chi connectivity index (χ0v) is 12.9. The summed E-state index contributed by atoms with van der Waals surface area (Å²) in [6.45, 7) is 4.06. The Hall–Kier alpha value is -2.48. The molecule has 0 unspecified atom stereocenters. The van der Waals surface area contributed by atoms with Crippen LogP contribution in [0.15, 0.2) is 33.7 Å². The molecular formula is C15H18N6O2. The van der Waals surface area contributed by atoms with Crippen molar-refractivity contribution in [3.8, 4) is 0 Å². The Labute approximate surface area is 132 Å². The lowest BCUT2D eigenvalue weighted by molar-refractivity contribution is 0.229.